The molecular formula is C20H18BrFN2O2. The van der Waals surface area contributed by atoms with Crippen molar-refractivity contribution in [3.63, 3.8) is 0 Å². The van der Waals surface area contributed by atoms with E-state index in [2.05, 4.69) is 33.4 Å². The summed E-state index contributed by atoms with van der Waals surface area (Å²) in [6.07, 6.45) is 3.49. The van der Waals surface area contributed by atoms with E-state index in [1.807, 2.05) is 6.07 Å². The Kier molecular flexibility index (Phi) is 4.53. The summed E-state index contributed by atoms with van der Waals surface area (Å²) in [7, 11) is 0. The van der Waals surface area contributed by atoms with Gasteiger partial charge in [-0.1, -0.05) is 6.07 Å². The van der Waals surface area contributed by atoms with Gasteiger partial charge in [-0.3, -0.25) is 9.59 Å². The van der Waals surface area contributed by atoms with Crippen LogP contribution in [0.2, 0.25) is 0 Å². The highest BCUT2D eigenvalue weighted by atomic mass is 79.9. The van der Waals surface area contributed by atoms with Crippen molar-refractivity contribution in [3.8, 4) is 0 Å². The molecule has 0 spiro atoms. The van der Waals surface area contributed by atoms with Crippen LogP contribution in [-0.4, -0.2) is 18.4 Å². The van der Waals surface area contributed by atoms with Crippen LogP contribution < -0.4 is 10.2 Å². The summed E-state index contributed by atoms with van der Waals surface area (Å²) < 4.78 is 13.7. The number of carbonyl (C=O) groups is 2. The van der Waals surface area contributed by atoms with Crippen molar-refractivity contribution in [1.29, 1.82) is 0 Å². The fourth-order valence-corrected chi connectivity index (χ4v) is 4.13. The van der Waals surface area contributed by atoms with Crippen LogP contribution in [0.1, 0.15) is 24.0 Å². The number of aryl methyl sites for hydroxylation is 2. The van der Waals surface area contributed by atoms with Gasteiger partial charge in [-0.05, 0) is 76.7 Å². The van der Waals surface area contributed by atoms with Crippen molar-refractivity contribution >= 4 is 39.1 Å². The number of halogens is 2. The average molecular weight is 417 g/mol. The molecule has 134 valence electrons. The van der Waals surface area contributed by atoms with Crippen LogP contribution in [-0.2, 0) is 22.4 Å². The molecule has 1 atom stereocenters. The minimum Gasteiger partial charge on any atom is -0.325 e. The van der Waals surface area contributed by atoms with Gasteiger partial charge in [0, 0.05) is 23.1 Å². The second-order valence-corrected chi connectivity index (χ2v) is 7.68. The molecule has 2 aliphatic rings. The van der Waals surface area contributed by atoms with Crippen molar-refractivity contribution in [2.24, 2.45) is 5.92 Å². The second-order valence-electron chi connectivity index (χ2n) is 6.83. The summed E-state index contributed by atoms with van der Waals surface area (Å²) in [6.45, 7) is 0.363. The zero-order chi connectivity index (χ0) is 18.3. The molecule has 0 saturated carbocycles. The highest BCUT2D eigenvalue weighted by Gasteiger charge is 2.35. The lowest BCUT2D eigenvalue weighted by atomic mass is 10.1. The largest absolute Gasteiger partial charge is 0.325 e. The lowest BCUT2D eigenvalue weighted by molar-refractivity contribution is -0.122. The zero-order valence-corrected chi connectivity index (χ0v) is 15.7. The van der Waals surface area contributed by atoms with Gasteiger partial charge in [-0.2, -0.15) is 0 Å². The van der Waals surface area contributed by atoms with Crippen molar-refractivity contribution < 1.29 is 14.0 Å². The van der Waals surface area contributed by atoms with Gasteiger partial charge in [0.05, 0.1) is 11.6 Å². The first kappa shape index (κ1) is 17.2. The van der Waals surface area contributed by atoms with Crippen molar-refractivity contribution in [3.05, 3.63) is 57.8 Å². The molecule has 2 amide bonds. The van der Waals surface area contributed by atoms with E-state index in [0.29, 0.717) is 16.7 Å². The molecule has 1 heterocycles. The zero-order valence-electron chi connectivity index (χ0n) is 14.1. The summed E-state index contributed by atoms with van der Waals surface area (Å²) in [5.41, 5.74) is 4.03. The quantitative estimate of drug-likeness (QED) is 0.819. The fraction of sp³-hybridized carbons (Fsp3) is 0.300. The van der Waals surface area contributed by atoms with Crippen LogP contribution in [0.4, 0.5) is 15.8 Å². The summed E-state index contributed by atoms with van der Waals surface area (Å²) in [4.78, 5) is 26.7. The van der Waals surface area contributed by atoms with Gasteiger partial charge in [-0.25, -0.2) is 4.39 Å². The first-order valence-corrected chi connectivity index (χ1v) is 9.48. The van der Waals surface area contributed by atoms with Gasteiger partial charge in [0.25, 0.3) is 0 Å². The molecular weight excluding hydrogens is 399 g/mol. The monoisotopic (exact) mass is 416 g/mol. The molecule has 1 aliphatic heterocycles. The number of fused-ring (bicyclic) bond motifs is 1. The topological polar surface area (TPSA) is 49.4 Å². The first-order chi connectivity index (χ1) is 12.5. The molecule has 0 radical (unpaired) electrons. The molecule has 1 saturated heterocycles. The molecule has 6 heteroatoms. The molecule has 26 heavy (non-hydrogen) atoms. The number of hydrogen-bond acceptors (Lipinski definition) is 2. The summed E-state index contributed by atoms with van der Waals surface area (Å²) in [5, 5.41) is 2.78. The number of nitrogens with one attached hydrogen (secondary N) is 1. The highest BCUT2D eigenvalue weighted by Crippen LogP contribution is 2.31. The van der Waals surface area contributed by atoms with Gasteiger partial charge in [0.1, 0.15) is 5.82 Å². The van der Waals surface area contributed by atoms with Crippen molar-refractivity contribution in [2.75, 3.05) is 16.8 Å². The van der Waals surface area contributed by atoms with E-state index in [1.165, 1.54) is 29.3 Å². The number of anilines is 2. The number of amides is 2. The third-order valence-corrected chi connectivity index (χ3v) is 5.73. The summed E-state index contributed by atoms with van der Waals surface area (Å²) >= 11 is 3.24. The van der Waals surface area contributed by atoms with Gasteiger partial charge < -0.3 is 10.2 Å². The van der Waals surface area contributed by atoms with E-state index in [-0.39, 0.29) is 24.1 Å². The third kappa shape index (κ3) is 3.26. The van der Waals surface area contributed by atoms with Gasteiger partial charge in [-0.15, -0.1) is 0 Å². The Bertz CT molecular complexity index is 899. The number of hydrogen-bond donors (Lipinski definition) is 1. The summed E-state index contributed by atoms with van der Waals surface area (Å²) in [6, 6.07) is 10.2. The normalized spacial score (nSPS) is 18.9. The van der Waals surface area contributed by atoms with Crippen molar-refractivity contribution in [1.82, 2.24) is 0 Å². The molecule has 0 bridgehead atoms. The van der Waals surface area contributed by atoms with E-state index in [0.717, 1.165) is 24.9 Å². The number of rotatable bonds is 3. The fourth-order valence-electron chi connectivity index (χ4n) is 3.68. The number of nitrogens with zero attached hydrogens (tertiary/aromatic N) is 1. The Morgan fingerprint density at radius 1 is 1.15 bits per heavy atom. The molecule has 4 nitrogen and oxygen atoms in total. The molecule has 1 fully saturated rings. The first-order valence-electron chi connectivity index (χ1n) is 8.69. The van der Waals surface area contributed by atoms with Gasteiger partial charge in [0.15, 0.2) is 0 Å². The molecule has 2 aromatic carbocycles. The molecule has 4 rings (SSSR count). The maximum Gasteiger partial charge on any atom is 0.229 e. The minimum atomic E-state index is -0.423. The van der Waals surface area contributed by atoms with Crippen LogP contribution in [0.25, 0.3) is 0 Å². The Hall–Kier alpha value is -2.21. The third-order valence-electron chi connectivity index (χ3n) is 5.08. The number of carbonyl (C=O) groups excluding carboxylic acids is 2. The lowest BCUT2D eigenvalue weighted by Crippen LogP contribution is -2.28. The van der Waals surface area contributed by atoms with Crippen molar-refractivity contribution in [2.45, 2.75) is 25.7 Å². The molecule has 1 N–H and O–H groups in total. The maximum atomic E-state index is 13.2. The van der Waals surface area contributed by atoms with E-state index in [1.54, 1.807) is 4.90 Å². The Morgan fingerprint density at radius 2 is 1.96 bits per heavy atom. The predicted octanol–water partition coefficient (Wildman–Crippen LogP) is 4.07. The van der Waals surface area contributed by atoms with Crippen LogP contribution in [0.3, 0.4) is 0 Å². The molecule has 0 aromatic heterocycles. The van der Waals surface area contributed by atoms with Crippen LogP contribution >= 0.6 is 15.9 Å². The smallest absolute Gasteiger partial charge is 0.229 e. The lowest BCUT2D eigenvalue weighted by Gasteiger charge is -2.18. The number of benzene rings is 2. The molecule has 2 aromatic rings. The van der Waals surface area contributed by atoms with E-state index in [4.69, 9.17) is 0 Å². The van der Waals surface area contributed by atoms with E-state index >= 15 is 0 Å². The van der Waals surface area contributed by atoms with Crippen LogP contribution in [0, 0.1) is 11.7 Å². The van der Waals surface area contributed by atoms with Crippen LogP contribution in [0.5, 0.6) is 0 Å². The SMILES string of the molecule is O=C(Nc1ccc(F)cc1Br)C1CC(=O)N(c2ccc3c(c2)CCC3)C1. The van der Waals surface area contributed by atoms with E-state index in [9.17, 15) is 14.0 Å². The predicted molar refractivity (Wildman–Crippen MR) is 102 cm³/mol. The second kappa shape index (κ2) is 6.83. The van der Waals surface area contributed by atoms with Gasteiger partial charge in [0.2, 0.25) is 11.8 Å². The van der Waals surface area contributed by atoms with Crippen LogP contribution in [0.15, 0.2) is 40.9 Å². The average Bonchev–Trinajstić information content (AvgIpc) is 3.23. The summed E-state index contributed by atoms with van der Waals surface area (Å²) in [5.74, 6) is -1.07. The molecule has 1 aliphatic carbocycles. The highest BCUT2D eigenvalue weighted by molar-refractivity contribution is 9.10. The molecule has 1 unspecified atom stereocenters. The Labute approximate surface area is 159 Å². The van der Waals surface area contributed by atoms with E-state index < -0.39 is 5.92 Å². The Balaban J connectivity index is 1.48. The maximum absolute atomic E-state index is 13.2. The minimum absolute atomic E-state index is 0.0405. The standard InChI is InChI=1S/C20H18BrFN2O2/c21-17-10-15(22)5-7-18(17)23-20(26)14-9-19(25)24(11-14)16-6-4-12-2-1-3-13(12)8-16/h4-8,10,14H,1-3,9,11H2,(H,23,26). The van der Waals surface area contributed by atoms with Gasteiger partial charge >= 0.3 is 0 Å². The Morgan fingerprint density at radius 3 is 2.77 bits per heavy atom.